The second kappa shape index (κ2) is 5.62. The molecule has 0 atom stereocenters. The number of aryl methyl sites for hydroxylation is 1. The van der Waals surface area contributed by atoms with Gasteiger partial charge >= 0.3 is 0 Å². The van der Waals surface area contributed by atoms with E-state index in [4.69, 9.17) is 4.84 Å². The molecule has 2 aromatic carbocycles. The van der Waals surface area contributed by atoms with Crippen LogP contribution in [0.1, 0.15) is 5.56 Å². The molecule has 0 aliphatic heterocycles. The SMILES string of the molecule is Cc1ccc(NC(=O)COn2nnc3ccccc32)cc1. The molecular weight excluding hydrogens is 268 g/mol. The van der Waals surface area contributed by atoms with E-state index in [0.29, 0.717) is 0 Å². The summed E-state index contributed by atoms with van der Waals surface area (Å²) < 4.78 is 0. The van der Waals surface area contributed by atoms with E-state index in [1.54, 1.807) is 0 Å². The summed E-state index contributed by atoms with van der Waals surface area (Å²) >= 11 is 0. The maximum Gasteiger partial charge on any atom is 0.265 e. The highest BCUT2D eigenvalue weighted by atomic mass is 16.7. The number of rotatable bonds is 4. The smallest absolute Gasteiger partial charge is 0.265 e. The number of hydrogen-bond acceptors (Lipinski definition) is 4. The maximum atomic E-state index is 11.8. The van der Waals surface area contributed by atoms with Gasteiger partial charge in [0.25, 0.3) is 5.91 Å². The Morgan fingerprint density at radius 3 is 2.76 bits per heavy atom. The molecule has 0 unspecified atom stereocenters. The van der Waals surface area contributed by atoms with Gasteiger partial charge in [-0.3, -0.25) is 4.79 Å². The van der Waals surface area contributed by atoms with E-state index in [1.165, 1.54) is 4.85 Å². The number of nitrogens with zero attached hydrogens (tertiary/aromatic N) is 3. The number of para-hydroxylation sites is 1. The van der Waals surface area contributed by atoms with E-state index in [9.17, 15) is 4.79 Å². The van der Waals surface area contributed by atoms with Gasteiger partial charge in [-0.15, -0.1) is 5.10 Å². The van der Waals surface area contributed by atoms with Crippen LogP contribution in [0.15, 0.2) is 48.5 Å². The monoisotopic (exact) mass is 282 g/mol. The minimum absolute atomic E-state index is 0.138. The number of aromatic nitrogens is 3. The fourth-order valence-electron chi connectivity index (χ4n) is 1.90. The third kappa shape index (κ3) is 3.00. The standard InChI is InChI=1S/C15H14N4O2/c1-11-6-8-12(9-7-11)16-15(20)10-21-19-14-5-3-2-4-13(14)17-18-19/h2-9H,10H2,1H3,(H,16,20). The molecule has 0 fully saturated rings. The van der Waals surface area contributed by atoms with Crippen molar-refractivity contribution in [3.05, 3.63) is 54.1 Å². The number of nitrogens with one attached hydrogen (secondary N) is 1. The Hall–Kier alpha value is -2.89. The van der Waals surface area contributed by atoms with Gasteiger partial charge in [0, 0.05) is 5.69 Å². The van der Waals surface area contributed by atoms with Crippen molar-refractivity contribution in [3.8, 4) is 0 Å². The largest absolute Gasteiger partial charge is 0.385 e. The summed E-state index contributed by atoms with van der Waals surface area (Å²) in [5.74, 6) is -0.251. The van der Waals surface area contributed by atoms with Gasteiger partial charge in [-0.25, -0.2) is 0 Å². The third-order valence-electron chi connectivity index (χ3n) is 2.97. The van der Waals surface area contributed by atoms with Crippen LogP contribution in [-0.4, -0.2) is 27.7 Å². The Bertz CT molecular complexity index is 765. The molecule has 6 nitrogen and oxygen atoms in total. The first-order valence-electron chi connectivity index (χ1n) is 6.52. The Morgan fingerprint density at radius 2 is 1.95 bits per heavy atom. The molecule has 6 heteroatoms. The van der Waals surface area contributed by atoms with E-state index >= 15 is 0 Å². The van der Waals surface area contributed by atoms with Crippen molar-refractivity contribution < 1.29 is 9.63 Å². The Balaban J connectivity index is 1.62. The Labute approximate surface area is 121 Å². The lowest BCUT2D eigenvalue weighted by atomic mass is 10.2. The van der Waals surface area contributed by atoms with Crippen molar-refractivity contribution >= 4 is 22.6 Å². The maximum absolute atomic E-state index is 11.8. The summed E-state index contributed by atoms with van der Waals surface area (Å²) in [6.45, 7) is 1.85. The lowest BCUT2D eigenvalue weighted by Gasteiger charge is -2.07. The van der Waals surface area contributed by atoms with Crippen LogP contribution in [0.2, 0.25) is 0 Å². The van der Waals surface area contributed by atoms with Crippen LogP contribution in [0.25, 0.3) is 11.0 Å². The summed E-state index contributed by atoms with van der Waals surface area (Å²) in [4.78, 5) is 18.4. The molecule has 1 N–H and O–H groups in total. The van der Waals surface area contributed by atoms with Gasteiger partial charge in [0.2, 0.25) is 0 Å². The molecule has 1 aromatic heterocycles. The van der Waals surface area contributed by atoms with Gasteiger partial charge in [0.05, 0.1) is 0 Å². The van der Waals surface area contributed by atoms with Crippen LogP contribution < -0.4 is 10.2 Å². The van der Waals surface area contributed by atoms with Crippen LogP contribution in [0.3, 0.4) is 0 Å². The molecular formula is C15H14N4O2. The van der Waals surface area contributed by atoms with E-state index in [0.717, 1.165) is 22.3 Å². The van der Waals surface area contributed by atoms with Crippen LogP contribution >= 0.6 is 0 Å². The van der Waals surface area contributed by atoms with Crippen molar-refractivity contribution in [3.63, 3.8) is 0 Å². The molecule has 3 aromatic rings. The van der Waals surface area contributed by atoms with Crippen molar-refractivity contribution in [2.75, 3.05) is 11.9 Å². The molecule has 0 radical (unpaired) electrons. The zero-order chi connectivity index (χ0) is 14.7. The molecule has 106 valence electrons. The fourth-order valence-corrected chi connectivity index (χ4v) is 1.90. The molecule has 0 saturated heterocycles. The summed E-state index contributed by atoms with van der Waals surface area (Å²) in [7, 11) is 0. The predicted molar refractivity (Wildman–Crippen MR) is 78.8 cm³/mol. The van der Waals surface area contributed by atoms with Crippen LogP contribution in [0, 0.1) is 6.92 Å². The number of hydrogen-bond donors (Lipinski definition) is 1. The average molecular weight is 282 g/mol. The van der Waals surface area contributed by atoms with Crippen molar-refractivity contribution in [2.24, 2.45) is 0 Å². The predicted octanol–water partition coefficient (Wildman–Crippen LogP) is 1.81. The number of amides is 1. The second-order valence-corrected chi connectivity index (χ2v) is 4.64. The van der Waals surface area contributed by atoms with Gasteiger partial charge in [0.15, 0.2) is 6.61 Å². The van der Waals surface area contributed by atoms with Crippen molar-refractivity contribution in [1.29, 1.82) is 0 Å². The second-order valence-electron chi connectivity index (χ2n) is 4.64. The number of fused-ring (bicyclic) bond motifs is 1. The number of carbonyl (C=O) groups is 1. The highest BCUT2D eigenvalue weighted by Crippen LogP contribution is 2.09. The lowest BCUT2D eigenvalue weighted by Crippen LogP contribution is -2.26. The molecule has 0 saturated carbocycles. The quantitative estimate of drug-likeness (QED) is 0.792. The summed E-state index contributed by atoms with van der Waals surface area (Å²) in [6.07, 6.45) is 0. The number of benzene rings is 2. The van der Waals surface area contributed by atoms with Crippen LogP contribution in [-0.2, 0) is 4.79 Å². The molecule has 1 amide bonds. The molecule has 0 aliphatic carbocycles. The van der Waals surface area contributed by atoms with E-state index in [1.807, 2.05) is 55.5 Å². The Kier molecular flexibility index (Phi) is 3.51. The molecule has 21 heavy (non-hydrogen) atoms. The van der Waals surface area contributed by atoms with Gasteiger partial charge in [-0.05, 0) is 36.4 Å². The molecule has 0 bridgehead atoms. The summed E-state index contributed by atoms with van der Waals surface area (Å²) in [5.41, 5.74) is 3.31. The normalized spacial score (nSPS) is 10.5. The van der Waals surface area contributed by atoms with Crippen molar-refractivity contribution in [2.45, 2.75) is 6.92 Å². The third-order valence-corrected chi connectivity index (χ3v) is 2.97. The first kappa shape index (κ1) is 13.1. The summed E-state index contributed by atoms with van der Waals surface area (Å²) in [6, 6.07) is 14.9. The highest BCUT2D eigenvalue weighted by Gasteiger charge is 2.07. The van der Waals surface area contributed by atoms with Crippen LogP contribution in [0.4, 0.5) is 5.69 Å². The molecule has 1 heterocycles. The minimum Gasteiger partial charge on any atom is -0.385 e. The lowest BCUT2D eigenvalue weighted by molar-refractivity contribution is -0.121. The van der Waals surface area contributed by atoms with E-state index < -0.39 is 0 Å². The fraction of sp³-hybridized carbons (Fsp3) is 0.133. The van der Waals surface area contributed by atoms with Gasteiger partial charge in [0.1, 0.15) is 11.0 Å². The first-order chi connectivity index (χ1) is 10.2. The minimum atomic E-state index is -0.251. The first-order valence-corrected chi connectivity index (χ1v) is 6.52. The zero-order valence-electron chi connectivity index (χ0n) is 11.5. The zero-order valence-corrected chi connectivity index (χ0v) is 11.5. The topological polar surface area (TPSA) is 69.0 Å². The highest BCUT2D eigenvalue weighted by molar-refractivity contribution is 5.91. The average Bonchev–Trinajstić information content (AvgIpc) is 2.91. The van der Waals surface area contributed by atoms with Gasteiger partial charge in [-0.1, -0.05) is 34.7 Å². The Morgan fingerprint density at radius 1 is 1.19 bits per heavy atom. The number of anilines is 1. The summed E-state index contributed by atoms with van der Waals surface area (Å²) in [5, 5.41) is 10.6. The number of carbonyl (C=O) groups excluding carboxylic acids is 1. The molecule has 3 rings (SSSR count). The van der Waals surface area contributed by atoms with Gasteiger partial charge in [-0.2, -0.15) is 0 Å². The van der Waals surface area contributed by atoms with Crippen LogP contribution in [0.5, 0.6) is 0 Å². The van der Waals surface area contributed by atoms with E-state index in [2.05, 4.69) is 15.6 Å². The van der Waals surface area contributed by atoms with Crippen molar-refractivity contribution in [1.82, 2.24) is 15.2 Å². The van der Waals surface area contributed by atoms with Gasteiger partial charge < -0.3 is 10.2 Å². The van der Waals surface area contributed by atoms with E-state index in [-0.39, 0.29) is 12.5 Å². The molecule has 0 spiro atoms. The molecule has 0 aliphatic rings.